The molecule has 20 heavy (non-hydrogen) atoms. The molecule has 0 radical (unpaired) electrons. The lowest BCUT2D eigenvalue weighted by molar-refractivity contribution is 0.202. The second-order valence-corrected chi connectivity index (χ2v) is 5.80. The SMILES string of the molecule is COCCc1ccc(C(Cl)c2cc(F)ccc2Br)cc1. The molecule has 0 aliphatic carbocycles. The molecule has 0 amide bonds. The summed E-state index contributed by atoms with van der Waals surface area (Å²) < 4.78 is 19.2. The summed E-state index contributed by atoms with van der Waals surface area (Å²) in [5.41, 5.74) is 2.87. The average molecular weight is 358 g/mol. The zero-order valence-electron chi connectivity index (χ0n) is 11.1. The molecular formula is C16H15BrClFO. The zero-order valence-corrected chi connectivity index (χ0v) is 13.4. The molecule has 0 spiro atoms. The van der Waals surface area contributed by atoms with E-state index in [1.165, 1.54) is 17.7 Å². The number of ether oxygens (including phenoxy) is 1. The molecule has 1 atom stereocenters. The van der Waals surface area contributed by atoms with Crippen LogP contribution in [0.5, 0.6) is 0 Å². The van der Waals surface area contributed by atoms with E-state index < -0.39 is 0 Å². The van der Waals surface area contributed by atoms with Crippen LogP contribution in [0.2, 0.25) is 0 Å². The first-order valence-corrected chi connectivity index (χ1v) is 7.51. The maximum atomic E-state index is 13.3. The van der Waals surface area contributed by atoms with Crippen LogP contribution < -0.4 is 0 Å². The quantitative estimate of drug-likeness (QED) is 0.676. The Labute approximate surface area is 131 Å². The van der Waals surface area contributed by atoms with Crippen molar-refractivity contribution in [1.29, 1.82) is 0 Å². The minimum Gasteiger partial charge on any atom is -0.384 e. The van der Waals surface area contributed by atoms with E-state index in [9.17, 15) is 4.39 Å². The van der Waals surface area contributed by atoms with Crippen molar-refractivity contribution in [2.75, 3.05) is 13.7 Å². The van der Waals surface area contributed by atoms with Crippen molar-refractivity contribution in [1.82, 2.24) is 0 Å². The molecular weight excluding hydrogens is 343 g/mol. The smallest absolute Gasteiger partial charge is 0.123 e. The van der Waals surface area contributed by atoms with E-state index >= 15 is 0 Å². The topological polar surface area (TPSA) is 9.23 Å². The average Bonchev–Trinajstić information content (AvgIpc) is 2.47. The van der Waals surface area contributed by atoms with Crippen LogP contribution in [0.1, 0.15) is 22.1 Å². The lowest BCUT2D eigenvalue weighted by Crippen LogP contribution is -1.98. The molecule has 106 valence electrons. The summed E-state index contributed by atoms with van der Waals surface area (Å²) in [6.45, 7) is 0.694. The Morgan fingerprint density at radius 2 is 1.90 bits per heavy atom. The molecule has 0 aliphatic rings. The fourth-order valence-corrected chi connectivity index (χ4v) is 2.89. The third kappa shape index (κ3) is 3.81. The zero-order chi connectivity index (χ0) is 14.5. The standard InChI is InChI=1S/C16H15BrClFO/c1-20-9-8-11-2-4-12(5-3-11)16(18)14-10-13(19)6-7-15(14)17/h2-7,10,16H,8-9H2,1H3. The normalized spacial score (nSPS) is 12.4. The molecule has 0 N–H and O–H groups in total. The Bertz CT molecular complexity index is 571. The molecule has 0 saturated heterocycles. The van der Waals surface area contributed by atoms with Crippen molar-refractivity contribution in [3.05, 3.63) is 69.4 Å². The fraction of sp³-hybridized carbons (Fsp3) is 0.250. The van der Waals surface area contributed by atoms with Gasteiger partial charge in [-0.15, -0.1) is 11.6 Å². The van der Waals surface area contributed by atoms with Gasteiger partial charge in [0.2, 0.25) is 0 Å². The van der Waals surface area contributed by atoms with E-state index in [1.54, 1.807) is 13.2 Å². The number of halogens is 3. The highest BCUT2D eigenvalue weighted by Crippen LogP contribution is 2.34. The lowest BCUT2D eigenvalue weighted by Gasteiger charge is -2.13. The van der Waals surface area contributed by atoms with Crippen LogP contribution in [0.25, 0.3) is 0 Å². The van der Waals surface area contributed by atoms with Gasteiger partial charge in [0.1, 0.15) is 5.82 Å². The van der Waals surface area contributed by atoms with E-state index in [0.29, 0.717) is 6.61 Å². The molecule has 2 aromatic rings. The van der Waals surface area contributed by atoms with Crippen LogP contribution in [-0.2, 0) is 11.2 Å². The van der Waals surface area contributed by atoms with Gasteiger partial charge < -0.3 is 4.74 Å². The van der Waals surface area contributed by atoms with E-state index in [0.717, 1.165) is 22.0 Å². The van der Waals surface area contributed by atoms with Gasteiger partial charge in [0.25, 0.3) is 0 Å². The summed E-state index contributed by atoms with van der Waals surface area (Å²) in [5, 5.41) is -0.378. The number of methoxy groups -OCH3 is 1. The largest absolute Gasteiger partial charge is 0.384 e. The lowest BCUT2D eigenvalue weighted by atomic mass is 10.0. The van der Waals surface area contributed by atoms with Crippen LogP contribution in [0.3, 0.4) is 0 Å². The van der Waals surface area contributed by atoms with Crippen molar-refractivity contribution in [3.8, 4) is 0 Å². The fourth-order valence-electron chi connectivity index (χ4n) is 1.96. The summed E-state index contributed by atoms with van der Waals surface area (Å²) in [6.07, 6.45) is 0.868. The van der Waals surface area contributed by atoms with Gasteiger partial charge in [-0.25, -0.2) is 4.39 Å². The van der Waals surface area contributed by atoms with Crippen LogP contribution in [0, 0.1) is 5.82 Å². The molecule has 4 heteroatoms. The number of rotatable bonds is 5. The van der Waals surface area contributed by atoms with Gasteiger partial charge in [-0.05, 0) is 41.3 Å². The molecule has 0 fully saturated rings. The second kappa shape index (κ2) is 7.21. The van der Waals surface area contributed by atoms with Gasteiger partial charge in [0, 0.05) is 11.6 Å². The maximum Gasteiger partial charge on any atom is 0.123 e. The first kappa shape index (κ1) is 15.5. The summed E-state index contributed by atoms with van der Waals surface area (Å²) in [6, 6.07) is 12.5. The summed E-state index contributed by atoms with van der Waals surface area (Å²) in [7, 11) is 1.69. The molecule has 0 aromatic heterocycles. The first-order valence-electron chi connectivity index (χ1n) is 6.28. The van der Waals surface area contributed by atoms with Gasteiger partial charge in [0.05, 0.1) is 12.0 Å². The molecule has 2 rings (SSSR count). The second-order valence-electron chi connectivity index (χ2n) is 4.51. The third-order valence-corrected chi connectivity index (χ3v) is 4.31. The summed E-state index contributed by atoms with van der Waals surface area (Å²) in [4.78, 5) is 0. The minimum absolute atomic E-state index is 0.287. The Balaban J connectivity index is 2.20. The molecule has 1 unspecified atom stereocenters. The van der Waals surface area contributed by atoms with E-state index in [1.807, 2.05) is 24.3 Å². The van der Waals surface area contributed by atoms with Crippen molar-refractivity contribution in [2.45, 2.75) is 11.8 Å². The van der Waals surface area contributed by atoms with Crippen molar-refractivity contribution >= 4 is 27.5 Å². The summed E-state index contributed by atoms with van der Waals surface area (Å²) >= 11 is 9.85. The highest BCUT2D eigenvalue weighted by atomic mass is 79.9. The molecule has 0 heterocycles. The highest BCUT2D eigenvalue weighted by molar-refractivity contribution is 9.10. The van der Waals surface area contributed by atoms with Gasteiger partial charge in [-0.1, -0.05) is 40.2 Å². The van der Waals surface area contributed by atoms with Crippen LogP contribution in [-0.4, -0.2) is 13.7 Å². The Morgan fingerprint density at radius 3 is 2.55 bits per heavy atom. The van der Waals surface area contributed by atoms with Crippen molar-refractivity contribution in [3.63, 3.8) is 0 Å². The Kier molecular flexibility index (Phi) is 5.58. The molecule has 0 aliphatic heterocycles. The van der Waals surface area contributed by atoms with Crippen molar-refractivity contribution < 1.29 is 9.13 Å². The number of hydrogen-bond acceptors (Lipinski definition) is 1. The molecule has 1 nitrogen and oxygen atoms in total. The van der Waals surface area contributed by atoms with E-state index in [2.05, 4.69) is 15.9 Å². The van der Waals surface area contributed by atoms with E-state index in [4.69, 9.17) is 16.3 Å². The highest BCUT2D eigenvalue weighted by Gasteiger charge is 2.14. The third-order valence-electron chi connectivity index (χ3n) is 3.10. The van der Waals surface area contributed by atoms with Crippen molar-refractivity contribution in [2.24, 2.45) is 0 Å². The Hall–Kier alpha value is -0.900. The van der Waals surface area contributed by atoms with Gasteiger partial charge in [0.15, 0.2) is 0 Å². The predicted molar refractivity (Wildman–Crippen MR) is 83.8 cm³/mol. The van der Waals surface area contributed by atoms with E-state index in [-0.39, 0.29) is 11.2 Å². The number of alkyl halides is 1. The van der Waals surface area contributed by atoms with Crippen LogP contribution in [0.4, 0.5) is 4.39 Å². The monoisotopic (exact) mass is 356 g/mol. The molecule has 0 bridgehead atoms. The maximum absolute atomic E-state index is 13.3. The van der Waals surface area contributed by atoms with Gasteiger partial charge in [-0.3, -0.25) is 0 Å². The number of hydrogen-bond donors (Lipinski definition) is 0. The van der Waals surface area contributed by atoms with Crippen LogP contribution in [0.15, 0.2) is 46.9 Å². The number of benzene rings is 2. The van der Waals surface area contributed by atoms with Gasteiger partial charge >= 0.3 is 0 Å². The Morgan fingerprint density at radius 1 is 1.20 bits per heavy atom. The molecule has 2 aromatic carbocycles. The first-order chi connectivity index (χ1) is 9.61. The van der Waals surface area contributed by atoms with Crippen LogP contribution >= 0.6 is 27.5 Å². The van der Waals surface area contributed by atoms with Gasteiger partial charge in [-0.2, -0.15) is 0 Å². The molecule has 0 saturated carbocycles. The predicted octanol–water partition coefficient (Wildman–Crippen LogP) is 5.11. The summed E-state index contributed by atoms with van der Waals surface area (Å²) in [5.74, 6) is -0.287. The minimum atomic E-state index is -0.378.